The largest absolute Gasteiger partial charge is 0.506 e. The Morgan fingerprint density at radius 2 is 2.29 bits per heavy atom. The Bertz CT molecular complexity index is 518. The molecule has 116 valence electrons. The summed E-state index contributed by atoms with van der Waals surface area (Å²) in [6, 6.07) is 2.78. The van der Waals surface area contributed by atoms with E-state index in [9.17, 15) is 9.90 Å². The zero-order chi connectivity index (χ0) is 15.4. The topological polar surface area (TPSA) is 59.0 Å². The number of carbonyl (C=O) groups is 1. The first-order chi connectivity index (χ1) is 10.0. The fraction of sp³-hybridized carbons (Fsp3) is 0.500. The van der Waals surface area contributed by atoms with Crippen molar-refractivity contribution in [2.24, 2.45) is 0 Å². The third-order valence-corrected chi connectivity index (χ3v) is 3.91. The fourth-order valence-corrected chi connectivity index (χ4v) is 2.78. The third-order valence-electron chi connectivity index (χ3n) is 3.40. The number of hydrogen-bond donors (Lipinski definition) is 1. The lowest BCUT2D eigenvalue weighted by Gasteiger charge is -2.28. The first-order valence-electron chi connectivity index (χ1n) is 6.60. The normalized spacial score (nSPS) is 18.0. The molecule has 0 saturated carbocycles. The van der Waals surface area contributed by atoms with Gasteiger partial charge in [0.1, 0.15) is 5.75 Å². The first-order valence-corrected chi connectivity index (χ1v) is 7.36. The summed E-state index contributed by atoms with van der Waals surface area (Å²) in [5, 5.41) is 10.4. The SMILES string of the molecule is COCCN(C(=O)c1cc(Cl)cc(Cl)c1O)C1CCOC1. The van der Waals surface area contributed by atoms with Gasteiger partial charge in [-0.2, -0.15) is 0 Å². The lowest BCUT2D eigenvalue weighted by Crippen LogP contribution is -2.42. The van der Waals surface area contributed by atoms with Gasteiger partial charge in [0.15, 0.2) is 0 Å². The molecule has 0 bridgehead atoms. The van der Waals surface area contributed by atoms with Gasteiger partial charge in [0, 0.05) is 25.3 Å². The van der Waals surface area contributed by atoms with Crippen molar-refractivity contribution in [1.29, 1.82) is 0 Å². The molecule has 1 saturated heterocycles. The Hall–Kier alpha value is -1.01. The number of rotatable bonds is 5. The van der Waals surface area contributed by atoms with E-state index in [2.05, 4.69) is 0 Å². The van der Waals surface area contributed by atoms with Gasteiger partial charge in [-0.1, -0.05) is 23.2 Å². The van der Waals surface area contributed by atoms with Crippen molar-refractivity contribution in [2.75, 3.05) is 33.5 Å². The Morgan fingerprint density at radius 1 is 1.52 bits per heavy atom. The molecule has 1 aromatic carbocycles. The summed E-state index contributed by atoms with van der Waals surface area (Å²) in [5.74, 6) is -0.586. The molecule has 1 atom stereocenters. The highest BCUT2D eigenvalue weighted by Gasteiger charge is 2.29. The number of nitrogens with zero attached hydrogens (tertiary/aromatic N) is 1. The zero-order valence-electron chi connectivity index (χ0n) is 11.6. The second-order valence-corrected chi connectivity index (χ2v) is 5.64. The van der Waals surface area contributed by atoms with Crippen molar-refractivity contribution >= 4 is 29.1 Å². The van der Waals surface area contributed by atoms with Crippen LogP contribution < -0.4 is 0 Å². The summed E-state index contributed by atoms with van der Waals surface area (Å²) >= 11 is 11.8. The Labute approximate surface area is 133 Å². The van der Waals surface area contributed by atoms with Crippen molar-refractivity contribution < 1.29 is 19.4 Å². The van der Waals surface area contributed by atoms with E-state index >= 15 is 0 Å². The van der Waals surface area contributed by atoms with Gasteiger partial charge in [0.2, 0.25) is 0 Å². The number of carbonyl (C=O) groups excluding carboxylic acids is 1. The minimum absolute atomic E-state index is 0.0372. The molecule has 1 aliphatic heterocycles. The Morgan fingerprint density at radius 3 is 2.90 bits per heavy atom. The van der Waals surface area contributed by atoms with Gasteiger partial charge in [-0.15, -0.1) is 0 Å². The number of aromatic hydroxyl groups is 1. The average molecular weight is 334 g/mol. The second-order valence-electron chi connectivity index (χ2n) is 4.79. The summed E-state index contributed by atoms with van der Waals surface area (Å²) in [6.45, 7) is 1.90. The third kappa shape index (κ3) is 3.80. The first kappa shape index (κ1) is 16.4. The van der Waals surface area contributed by atoms with Crippen molar-refractivity contribution in [2.45, 2.75) is 12.5 Å². The van der Waals surface area contributed by atoms with Gasteiger partial charge in [0.25, 0.3) is 5.91 Å². The predicted octanol–water partition coefficient (Wildman–Crippen LogP) is 2.58. The van der Waals surface area contributed by atoms with E-state index in [-0.39, 0.29) is 28.3 Å². The highest BCUT2D eigenvalue weighted by Crippen LogP contribution is 2.32. The van der Waals surface area contributed by atoms with Gasteiger partial charge in [-0.05, 0) is 18.6 Å². The van der Waals surface area contributed by atoms with Crippen LogP contribution in [-0.4, -0.2) is 55.4 Å². The van der Waals surface area contributed by atoms with Crippen LogP contribution in [0.5, 0.6) is 5.75 Å². The molecule has 1 N–H and O–H groups in total. The number of methoxy groups -OCH3 is 1. The van der Waals surface area contributed by atoms with E-state index in [4.69, 9.17) is 32.7 Å². The van der Waals surface area contributed by atoms with E-state index in [0.717, 1.165) is 6.42 Å². The number of phenols is 1. The van der Waals surface area contributed by atoms with Gasteiger partial charge < -0.3 is 19.5 Å². The van der Waals surface area contributed by atoms with Gasteiger partial charge >= 0.3 is 0 Å². The van der Waals surface area contributed by atoms with Crippen molar-refractivity contribution in [3.8, 4) is 5.75 Å². The van der Waals surface area contributed by atoms with Crippen molar-refractivity contribution in [3.63, 3.8) is 0 Å². The van der Waals surface area contributed by atoms with Crippen LogP contribution in [0, 0.1) is 0 Å². The highest BCUT2D eigenvalue weighted by molar-refractivity contribution is 6.36. The van der Waals surface area contributed by atoms with Crippen LogP contribution >= 0.6 is 23.2 Å². The van der Waals surface area contributed by atoms with Crippen LogP contribution in [0.3, 0.4) is 0 Å². The molecule has 1 fully saturated rings. The van der Waals surface area contributed by atoms with Crippen LogP contribution in [0.4, 0.5) is 0 Å². The van der Waals surface area contributed by atoms with E-state index in [0.29, 0.717) is 31.4 Å². The maximum Gasteiger partial charge on any atom is 0.258 e. The fourth-order valence-electron chi connectivity index (χ4n) is 2.29. The molecule has 21 heavy (non-hydrogen) atoms. The molecule has 1 aliphatic rings. The predicted molar refractivity (Wildman–Crippen MR) is 80.3 cm³/mol. The summed E-state index contributed by atoms with van der Waals surface area (Å²) < 4.78 is 10.4. The van der Waals surface area contributed by atoms with E-state index in [1.54, 1.807) is 12.0 Å². The number of benzene rings is 1. The minimum Gasteiger partial charge on any atom is -0.506 e. The maximum atomic E-state index is 12.7. The van der Waals surface area contributed by atoms with E-state index in [1.807, 2.05) is 0 Å². The average Bonchev–Trinajstić information content (AvgIpc) is 2.97. The number of halogens is 2. The quantitative estimate of drug-likeness (QED) is 0.899. The Balaban J connectivity index is 2.28. The molecule has 1 unspecified atom stereocenters. The molecule has 0 radical (unpaired) electrons. The molecule has 0 aromatic heterocycles. The highest BCUT2D eigenvalue weighted by atomic mass is 35.5. The second kappa shape index (κ2) is 7.31. The molecule has 5 nitrogen and oxygen atoms in total. The lowest BCUT2D eigenvalue weighted by molar-refractivity contribution is 0.0573. The van der Waals surface area contributed by atoms with Crippen LogP contribution in [0.2, 0.25) is 10.0 Å². The van der Waals surface area contributed by atoms with Gasteiger partial charge in [0.05, 0.1) is 29.8 Å². The maximum absolute atomic E-state index is 12.7. The van der Waals surface area contributed by atoms with Crippen molar-refractivity contribution in [3.05, 3.63) is 27.7 Å². The molecule has 0 aliphatic carbocycles. The summed E-state index contributed by atoms with van der Waals surface area (Å²) in [4.78, 5) is 14.3. The van der Waals surface area contributed by atoms with Crippen molar-refractivity contribution in [1.82, 2.24) is 4.90 Å². The Kier molecular flexibility index (Phi) is 5.70. The number of hydrogen-bond acceptors (Lipinski definition) is 4. The number of ether oxygens (including phenoxy) is 2. The monoisotopic (exact) mass is 333 g/mol. The molecular weight excluding hydrogens is 317 g/mol. The molecule has 0 spiro atoms. The van der Waals surface area contributed by atoms with Crippen LogP contribution in [0.25, 0.3) is 0 Å². The van der Waals surface area contributed by atoms with Gasteiger partial charge in [-0.25, -0.2) is 0 Å². The summed E-state index contributed by atoms with van der Waals surface area (Å²) in [5.41, 5.74) is 0.0931. The molecular formula is C14H17Cl2NO4. The van der Waals surface area contributed by atoms with E-state index in [1.165, 1.54) is 12.1 Å². The smallest absolute Gasteiger partial charge is 0.258 e. The molecule has 7 heteroatoms. The standard InChI is InChI=1S/C14H17Cl2NO4/c1-20-5-3-17(10-2-4-21-8-10)14(19)11-6-9(15)7-12(16)13(11)18/h6-7,10,18H,2-5,8H2,1H3. The lowest BCUT2D eigenvalue weighted by atomic mass is 10.1. The number of phenolic OH excluding ortho intramolecular Hbond substituents is 1. The zero-order valence-corrected chi connectivity index (χ0v) is 13.2. The van der Waals surface area contributed by atoms with Gasteiger partial charge in [-0.3, -0.25) is 4.79 Å². The minimum atomic E-state index is -0.329. The molecule has 2 rings (SSSR count). The molecule has 1 amide bonds. The van der Waals surface area contributed by atoms with E-state index < -0.39 is 0 Å². The van der Waals surface area contributed by atoms with Crippen LogP contribution in [0.1, 0.15) is 16.8 Å². The summed E-state index contributed by atoms with van der Waals surface area (Å²) in [6.07, 6.45) is 0.754. The molecule has 1 aromatic rings. The van der Waals surface area contributed by atoms with Crippen LogP contribution in [0.15, 0.2) is 12.1 Å². The van der Waals surface area contributed by atoms with Crippen LogP contribution in [-0.2, 0) is 9.47 Å². The number of amides is 1. The molecule has 1 heterocycles. The summed E-state index contributed by atoms with van der Waals surface area (Å²) in [7, 11) is 1.57.